The molecule has 7 heteroatoms. The number of piperidine rings is 1. The van der Waals surface area contributed by atoms with Gasteiger partial charge in [0.2, 0.25) is 0 Å². The molecule has 2 saturated heterocycles. The summed E-state index contributed by atoms with van der Waals surface area (Å²) in [4.78, 5) is 2.56. The standard InChI is InChI=1S/C31H50N2O5/c1-18-16-19(2)31-23(17-25(36-6)22(5)37-29(18)21(4)34)10-11-24-26(31)28(35)20(3)27(30(24)38-31)32-12-15-33-13-8-7-9-14-33/h10-11,16,18,20-21,23-30,32,34-35H,5,7-9,12-15,17H2,1-4,6H3/b19-16+/t18-,20?,21-,23-,24-,25+,26+,27+,28-,29+,30-,31+/m1/s1. The number of hydrogen-bond donors (Lipinski definition) is 3. The molecule has 3 aliphatic heterocycles. The lowest BCUT2D eigenvalue weighted by Gasteiger charge is -2.49. The van der Waals surface area contributed by atoms with Crippen molar-refractivity contribution in [3.63, 3.8) is 0 Å². The van der Waals surface area contributed by atoms with Gasteiger partial charge in [-0.3, -0.25) is 0 Å². The Morgan fingerprint density at radius 2 is 1.97 bits per heavy atom. The average molecular weight is 531 g/mol. The van der Waals surface area contributed by atoms with Gasteiger partial charge in [-0.1, -0.05) is 45.1 Å². The van der Waals surface area contributed by atoms with Crippen LogP contribution >= 0.6 is 0 Å². The summed E-state index contributed by atoms with van der Waals surface area (Å²) in [5.74, 6) is 0.683. The predicted octanol–water partition coefficient (Wildman–Crippen LogP) is 3.28. The van der Waals surface area contributed by atoms with Crippen molar-refractivity contribution in [3.8, 4) is 0 Å². The second-order valence-corrected chi connectivity index (χ2v) is 12.7. The van der Waals surface area contributed by atoms with Crippen LogP contribution in [0.1, 0.15) is 53.4 Å². The summed E-state index contributed by atoms with van der Waals surface area (Å²) < 4.78 is 19.3. The van der Waals surface area contributed by atoms with Crippen molar-refractivity contribution in [3.05, 3.63) is 36.1 Å². The van der Waals surface area contributed by atoms with Gasteiger partial charge < -0.3 is 34.6 Å². The maximum absolute atomic E-state index is 11.9. The molecule has 0 aromatic carbocycles. The van der Waals surface area contributed by atoms with Gasteiger partial charge in [0, 0.05) is 55.8 Å². The number of methoxy groups -OCH3 is 1. The number of ether oxygens (including phenoxy) is 3. The quantitative estimate of drug-likeness (QED) is 0.455. The highest BCUT2D eigenvalue weighted by atomic mass is 16.5. The Hall–Kier alpha value is -1.22. The van der Waals surface area contributed by atoms with E-state index < -0.39 is 23.9 Å². The van der Waals surface area contributed by atoms with E-state index in [9.17, 15) is 10.2 Å². The molecular weight excluding hydrogens is 480 g/mol. The average Bonchev–Trinajstić information content (AvgIpc) is 3.09. The molecule has 0 aromatic heterocycles. The third-order valence-electron chi connectivity index (χ3n) is 10.3. The van der Waals surface area contributed by atoms with Gasteiger partial charge in [0.25, 0.3) is 0 Å². The fourth-order valence-electron chi connectivity index (χ4n) is 8.36. The Morgan fingerprint density at radius 3 is 2.66 bits per heavy atom. The van der Waals surface area contributed by atoms with Crippen LogP contribution in [-0.4, -0.2) is 90.6 Å². The van der Waals surface area contributed by atoms with Crippen molar-refractivity contribution >= 4 is 0 Å². The van der Waals surface area contributed by atoms with E-state index in [4.69, 9.17) is 14.2 Å². The first kappa shape index (κ1) is 28.3. The minimum Gasteiger partial charge on any atom is -0.489 e. The molecule has 214 valence electrons. The molecular formula is C31H50N2O5. The molecule has 7 nitrogen and oxygen atoms in total. The lowest BCUT2D eigenvalue weighted by atomic mass is 9.57. The highest BCUT2D eigenvalue weighted by Crippen LogP contribution is 2.60. The maximum Gasteiger partial charge on any atom is 0.130 e. The van der Waals surface area contributed by atoms with Crippen LogP contribution in [0.2, 0.25) is 0 Å². The number of nitrogens with zero attached hydrogens (tertiary/aromatic N) is 1. The SMILES string of the molecule is C=C1O[C@H]([C@@H](C)O)[C@H](C)/C=C(\C)[C@]23O[C@@H]4[C@H](C=C[C@@H]2C[C@@H]1OC)[C@H]3[C@H](O)C(C)[C@@H]4NCCN1CCCCC1. The molecule has 1 saturated carbocycles. The third-order valence-corrected chi connectivity index (χ3v) is 10.3. The van der Waals surface area contributed by atoms with Crippen LogP contribution in [0.3, 0.4) is 0 Å². The molecule has 1 unspecified atom stereocenters. The van der Waals surface area contributed by atoms with E-state index in [0.29, 0.717) is 12.2 Å². The van der Waals surface area contributed by atoms with Crippen molar-refractivity contribution < 1.29 is 24.4 Å². The fourth-order valence-corrected chi connectivity index (χ4v) is 8.36. The van der Waals surface area contributed by atoms with Gasteiger partial charge in [0.05, 0.1) is 18.3 Å². The lowest BCUT2D eigenvalue weighted by Crippen LogP contribution is -2.59. The highest BCUT2D eigenvalue weighted by molar-refractivity contribution is 5.35. The van der Waals surface area contributed by atoms with Crippen LogP contribution in [0.25, 0.3) is 0 Å². The van der Waals surface area contributed by atoms with Crippen molar-refractivity contribution in [1.82, 2.24) is 10.2 Å². The second-order valence-electron chi connectivity index (χ2n) is 12.7. The van der Waals surface area contributed by atoms with E-state index in [0.717, 1.165) is 18.7 Å². The molecule has 2 aliphatic carbocycles. The van der Waals surface area contributed by atoms with Crippen molar-refractivity contribution in [2.45, 2.75) is 95.5 Å². The van der Waals surface area contributed by atoms with Crippen molar-refractivity contribution in [1.29, 1.82) is 0 Å². The van der Waals surface area contributed by atoms with Crippen LogP contribution in [0.4, 0.5) is 0 Å². The number of hydrogen-bond acceptors (Lipinski definition) is 7. The van der Waals surface area contributed by atoms with E-state index in [1.54, 1.807) is 14.0 Å². The molecule has 0 radical (unpaired) electrons. The monoisotopic (exact) mass is 530 g/mol. The molecule has 5 rings (SSSR count). The summed E-state index contributed by atoms with van der Waals surface area (Å²) in [5.41, 5.74) is 0.487. The minimum atomic E-state index is -0.669. The molecule has 3 N–H and O–H groups in total. The Morgan fingerprint density at radius 1 is 1.24 bits per heavy atom. The summed E-state index contributed by atoms with van der Waals surface area (Å²) in [5, 5.41) is 26.3. The van der Waals surface area contributed by atoms with Gasteiger partial charge >= 0.3 is 0 Å². The van der Waals surface area contributed by atoms with Gasteiger partial charge in [-0.05, 0) is 51.8 Å². The van der Waals surface area contributed by atoms with Gasteiger partial charge in [0.15, 0.2) is 0 Å². The first-order chi connectivity index (χ1) is 18.2. The van der Waals surface area contributed by atoms with Gasteiger partial charge in [-0.15, -0.1) is 0 Å². The lowest BCUT2D eigenvalue weighted by molar-refractivity contribution is -0.0899. The minimum absolute atomic E-state index is 0.00406. The topological polar surface area (TPSA) is 83.4 Å². The zero-order chi connectivity index (χ0) is 27.2. The molecule has 38 heavy (non-hydrogen) atoms. The number of aliphatic hydroxyl groups excluding tert-OH is 2. The fraction of sp³-hybridized carbons (Fsp3) is 0.806. The molecule has 0 aromatic rings. The highest BCUT2D eigenvalue weighted by Gasteiger charge is 2.68. The summed E-state index contributed by atoms with van der Waals surface area (Å²) in [6.45, 7) is 16.7. The first-order valence-corrected chi connectivity index (χ1v) is 14.9. The smallest absolute Gasteiger partial charge is 0.130 e. The van der Waals surface area contributed by atoms with Gasteiger partial charge in [-0.2, -0.15) is 0 Å². The van der Waals surface area contributed by atoms with E-state index in [2.05, 4.69) is 55.8 Å². The molecule has 1 spiro atoms. The third kappa shape index (κ3) is 4.82. The zero-order valence-corrected chi connectivity index (χ0v) is 24.0. The largest absolute Gasteiger partial charge is 0.489 e. The number of aliphatic hydroxyl groups is 2. The molecule has 3 heterocycles. The molecule has 3 fully saturated rings. The normalized spacial score (nSPS) is 47.6. The first-order valence-electron chi connectivity index (χ1n) is 14.9. The van der Waals surface area contributed by atoms with Crippen LogP contribution in [0.15, 0.2) is 36.1 Å². The summed E-state index contributed by atoms with van der Waals surface area (Å²) >= 11 is 0. The number of likely N-dealkylation sites (tertiary alicyclic amines) is 1. The van der Waals surface area contributed by atoms with Gasteiger partial charge in [0.1, 0.15) is 23.6 Å². The molecule has 4 bridgehead atoms. The van der Waals surface area contributed by atoms with Gasteiger partial charge in [-0.25, -0.2) is 0 Å². The van der Waals surface area contributed by atoms with Crippen molar-refractivity contribution in [2.75, 3.05) is 33.3 Å². The summed E-state index contributed by atoms with van der Waals surface area (Å²) in [7, 11) is 1.68. The number of nitrogens with one attached hydrogen (secondary N) is 1. The Labute approximate surface area is 229 Å². The van der Waals surface area contributed by atoms with Crippen LogP contribution in [-0.2, 0) is 14.2 Å². The Bertz CT molecular complexity index is 914. The molecule has 5 aliphatic rings. The second kappa shape index (κ2) is 11.3. The maximum atomic E-state index is 11.9. The Balaban J connectivity index is 1.47. The van der Waals surface area contributed by atoms with E-state index in [1.807, 2.05) is 0 Å². The van der Waals surface area contributed by atoms with Crippen molar-refractivity contribution in [2.24, 2.45) is 29.6 Å². The predicted molar refractivity (Wildman–Crippen MR) is 148 cm³/mol. The number of rotatable bonds is 6. The van der Waals surface area contributed by atoms with Crippen LogP contribution < -0.4 is 5.32 Å². The van der Waals surface area contributed by atoms with Crippen LogP contribution in [0, 0.1) is 29.6 Å². The zero-order valence-electron chi connectivity index (χ0n) is 24.0. The molecule has 12 atom stereocenters. The summed E-state index contributed by atoms with van der Waals surface area (Å²) in [6, 6.07) is 0.0844. The Kier molecular flexibility index (Phi) is 8.45. The molecule has 0 amide bonds. The van der Waals surface area contributed by atoms with Crippen LogP contribution in [0.5, 0.6) is 0 Å². The van der Waals surface area contributed by atoms with E-state index >= 15 is 0 Å². The van der Waals surface area contributed by atoms with E-state index in [1.165, 1.54) is 32.4 Å². The van der Waals surface area contributed by atoms with E-state index in [-0.39, 0.29) is 47.8 Å². The summed E-state index contributed by atoms with van der Waals surface area (Å²) in [6.07, 6.45) is 9.44.